The van der Waals surface area contributed by atoms with Crippen molar-refractivity contribution in [3.05, 3.63) is 130 Å². The van der Waals surface area contributed by atoms with Crippen LogP contribution in [0.5, 0.6) is 5.75 Å². The molecule has 10 atom stereocenters. The maximum absolute atomic E-state index is 15.6. The molecule has 2 aliphatic carbocycles. The molecule has 0 aromatic heterocycles. The Morgan fingerprint density at radius 3 is 2.13 bits per heavy atom. The van der Waals surface area contributed by atoms with Gasteiger partial charge in [-0.2, -0.15) is 0 Å². The molecule has 0 spiro atoms. The third-order valence-corrected chi connectivity index (χ3v) is 24.6. The number of carboxylic acids is 1. The second-order valence-electron chi connectivity index (χ2n) is 26.6. The summed E-state index contributed by atoms with van der Waals surface area (Å²) < 4.78 is 19.4. The fraction of sp³-hybridized carbons (Fsp3) is 0.486. The molecule has 1 fully saturated rings. The van der Waals surface area contributed by atoms with Crippen molar-refractivity contribution in [3.63, 3.8) is 0 Å². The number of likely N-dealkylation sites (tertiary alicyclic amines) is 1. The van der Waals surface area contributed by atoms with E-state index in [2.05, 4.69) is 65.8 Å². The van der Waals surface area contributed by atoms with Crippen LogP contribution in [0.25, 0.3) is 16.7 Å². The van der Waals surface area contributed by atoms with E-state index in [1.54, 1.807) is 26.8 Å². The Balaban J connectivity index is 1.18. The van der Waals surface area contributed by atoms with Crippen LogP contribution in [0.4, 0.5) is 4.79 Å². The highest BCUT2D eigenvalue weighted by Crippen LogP contribution is 2.46. The summed E-state index contributed by atoms with van der Waals surface area (Å²) in [7, 11) is -2.55. The van der Waals surface area contributed by atoms with E-state index in [-0.39, 0.29) is 49.2 Å². The van der Waals surface area contributed by atoms with Crippen LogP contribution in [0, 0.1) is 11.8 Å². The minimum absolute atomic E-state index is 0.0644. The third kappa shape index (κ3) is 18.1. The molecule has 0 saturated carbocycles. The van der Waals surface area contributed by atoms with Gasteiger partial charge in [0, 0.05) is 62.3 Å². The van der Waals surface area contributed by atoms with Gasteiger partial charge in [0.25, 0.3) is 0 Å². The maximum Gasteiger partial charge on any atom is 0.407 e. The number of benzene rings is 4. The second kappa shape index (κ2) is 31.9. The molecule has 2 aliphatic heterocycles. The molecule has 2 heterocycles. The number of nitrogens with zero attached hydrogens (tertiary/aromatic N) is 1. The number of carbonyl (C=O) groups is 10. The molecule has 23 nitrogen and oxygen atoms in total. The number of allylic oxidation sites excluding steroid dienone is 1. The quantitative estimate of drug-likeness (QED) is 0.0408. The van der Waals surface area contributed by atoms with Gasteiger partial charge in [0.2, 0.25) is 41.4 Å². The van der Waals surface area contributed by atoms with Crippen molar-refractivity contribution in [2.75, 3.05) is 25.4 Å². The number of fused-ring (bicyclic) bond motifs is 5. The van der Waals surface area contributed by atoms with Crippen molar-refractivity contribution in [3.8, 4) is 16.9 Å². The topological polar surface area (TPSA) is 340 Å². The predicted molar refractivity (Wildman–Crippen MR) is 360 cm³/mol. The molecule has 0 radical (unpaired) electrons. The van der Waals surface area contributed by atoms with E-state index in [0.29, 0.717) is 34.6 Å². The third-order valence-electron chi connectivity index (χ3n) is 18.9. The predicted octanol–water partition coefficient (Wildman–Crippen LogP) is 6.39. The first kappa shape index (κ1) is 72.4. The fourth-order valence-electron chi connectivity index (χ4n) is 12.3. The Labute approximate surface area is 559 Å². The lowest BCUT2D eigenvalue weighted by molar-refractivity contribution is -0.149. The lowest BCUT2D eigenvalue weighted by Gasteiger charge is -2.42. The van der Waals surface area contributed by atoms with Crippen LogP contribution in [-0.2, 0) is 65.3 Å². The van der Waals surface area contributed by atoms with Crippen molar-refractivity contribution < 1.29 is 72.1 Å². The number of ether oxygens (including phenoxy) is 2. The number of amides is 8. The molecular formula is C70H90N8O15SSi. The molecule has 8 amide bonds. The van der Waals surface area contributed by atoms with E-state index in [9.17, 15) is 48.6 Å². The number of ketones is 1. The monoisotopic (exact) mass is 1340 g/mol. The molecule has 0 unspecified atom stereocenters. The van der Waals surface area contributed by atoms with Crippen molar-refractivity contribution in [1.82, 2.24) is 36.8 Å². The van der Waals surface area contributed by atoms with Crippen LogP contribution in [0.2, 0.25) is 18.1 Å². The average Bonchev–Trinajstić information content (AvgIpc) is 1.65. The number of alkyl carbamates (subject to hydrolysis) is 1. The second-order valence-corrected chi connectivity index (χ2v) is 32.5. The number of carbonyl (C=O) groups excluding carboxylic acids is 9. The number of aliphatic hydroxyl groups is 1. The minimum Gasteiger partial charge on any atom is -0.489 e. The number of thioether (sulfide) groups is 1. The number of rotatable bonds is 21. The van der Waals surface area contributed by atoms with E-state index >= 15 is 9.59 Å². The summed E-state index contributed by atoms with van der Waals surface area (Å²) in [5.74, 6) is -9.45. The zero-order valence-electron chi connectivity index (χ0n) is 55.4. The lowest BCUT2D eigenvalue weighted by atomic mass is 9.91. The zero-order valence-corrected chi connectivity index (χ0v) is 57.2. The number of nitrogens with two attached hydrogens (primary N) is 1. The Morgan fingerprint density at radius 2 is 1.49 bits per heavy atom. The van der Waals surface area contributed by atoms with Gasteiger partial charge >= 0.3 is 12.1 Å². The van der Waals surface area contributed by atoms with E-state index in [1.165, 1.54) is 0 Å². The van der Waals surface area contributed by atoms with Crippen molar-refractivity contribution in [1.29, 1.82) is 0 Å². The number of hydrogen-bond acceptors (Lipinski definition) is 15. The van der Waals surface area contributed by atoms with Gasteiger partial charge in [-0.05, 0) is 92.0 Å². The molecule has 510 valence electrons. The maximum atomic E-state index is 15.6. The van der Waals surface area contributed by atoms with Gasteiger partial charge in [-0.1, -0.05) is 140 Å². The number of primary amides is 1. The van der Waals surface area contributed by atoms with Gasteiger partial charge in [-0.15, -0.1) is 11.8 Å². The number of carboxylic acid groups (broad SMARTS) is 1. The molecule has 95 heavy (non-hydrogen) atoms. The van der Waals surface area contributed by atoms with Gasteiger partial charge in [0.05, 0.1) is 25.1 Å². The van der Waals surface area contributed by atoms with Crippen LogP contribution in [0.15, 0.2) is 102 Å². The number of aliphatic carboxylic acids is 1. The number of nitrogens with one attached hydrogen (secondary N) is 6. The van der Waals surface area contributed by atoms with Crippen molar-refractivity contribution >= 4 is 84.8 Å². The van der Waals surface area contributed by atoms with Gasteiger partial charge in [-0.25, -0.2) is 9.59 Å². The van der Waals surface area contributed by atoms with Gasteiger partial charge < -0.3 is 66.6 Å². The van der Waals surface area contributed by atoms with Crippen molar-refractivity contribution in [2.24, 2.45) is 17.6 Å². The Kier molecular flexibility index (Phi) is 24.3. The fourth-order valence-corrected chi connectivity index (χ4v) is 15.0. The van der Waals surface area contributed by atoms with E-state index in [1.807, 2.05) is 97.9 Å². The first-order valence-electron chi connectivity index (χ1n) is 32.5. The summed E-state index contributed by atoms with van der Waals surface area (Å²) >= 11 is 1.10. The van der Waals surface area contributed by atoms with E-state index < -0.39 is 160 Å². The van der Waals surface area contributed by atoms with E-state index in [4.69, 9.17) is 19.6 Å². The van der Waals surface area contributed by atoms with Crippen LogP contribution >= 0.6 is 11.8 Å². The van der Waals surface area contributed by atoms with Crippen LogP contribution < -0.4 is 42.4 Å². The summed E-state index contributed by atoms with van der Waals surface area (Å²) in [6, 6.07) is 21.9. The van der Waals surface area contributed by atoms with Crippen molar-refractivity contribution in [2.45, 2.75) is 179 Å². The molecule has 4 aliphatic rings. The standard InChI is InChI=1S/C70H90N8O15SSi/c1-10-39(3)62-65(85)72-34-61(83)73-54(64(84)75-53(33-59(71)81)67(87)78-35-43(79)31-55(78)68(88)89)38-94-58-30-42-29-44(91-36-41-19-13-12-14-20-41)25-26-45(42)50(58)32-52(56(80)27-28-60(82)76-62)74-66(86)63(40(4)57(11-2)93-95(8,9)70(5,6)7)77-69(90)92-37-51-48-23-17-15-21-46(48)47-22-16-18-24-49(47)51/h12-26,29,39-40,43,51-55,57,62-63,79H,10-11,27-28,30-38H2,1-9H3,(H2,71,81)(H,72,85)(H,73,83)(H,74,86)(H,75,84)(H,76,82)(H,77,90)(H,88,89)/t39-,40-,43+,52+,53-,54+,55-,57-,62-,63-/m0/s1. The molecule has 4 aromatic carbocycles. The molecule has 1 saturated heterocycles. The Morgan fingerprint density at radius 1 is 0.832 bits per heavy atom. The summed E-state index contributed by atoms with van der Waals surface area (Å²) in [5.41, 5.74) is 12.4. The highest BCUT2D eigenvalue weighted by Gasteiger charge is 2.45. The molecule has 0 bridgehead atoms. The van der Waals surface area contributed by atoms with Gasteiger partial charge in [0.15, 0.2) is 14.1 Å². The minimum atomic E-state index is -2.55. The summed E-state index contributed by atoms with van der Waals surface area (Å²) in [6.07, 6.45) is -3.85. The number of aliphatic hydroxyl groups excluding tert-OH is 1. The zero-order chi connectivity index (χ0) is 69.1. The number of β-amino-alcohol motifs (C(OH)–C–C–N with tert-alkyl or cyclic N) is 1. The highest BCUT2D eigenvalue weighted by atomic mass is 32.2. The smallest absolute Gasteiger partial charge is 0.407 e. The molecule has 4 aromatic rings. The lowest BCUT2D eigenvalue weighted by Crippen LogP contribution is -2.58. The summed E-state index contributed by atoms with van der Waals surface area (Å²) in [6.45, 7) is 16.8. The Hall–Kier alpha value is -8.39. The van der Waals surface area contributed by atoms with Gasteiger partial charge in [0.1, 0.15) is 49.2 Å². The Bertz CT molecular complexity index is 3520. The highest BCUT2D eigenvalue weighted by molar-refractivity contribution is 8.03. The van der Waals surface area contributed by atoms with Crippen LogP contribution in [-0.4, -0.2) is 157 Å². The first-order valence-corrected chi connectivity index (χ1v) is 36.4. The molecule has 25 heteroatoms. The van der Waals surface area contributed by atoms with Gasteiger partial charge in [-0.3, -0.25) is 38.4 Å². The van der Waals surface area contributed by atoms with Crippen LogP contribution in [0.1, 0.15) is 127 Å². The normalized spacial score (nSPS) is 21.3. The molecular weight excluding hydrogens is 1250 g/mol. The first-order chi connectivity index (χ1) is 45.1. The van der Waals surface area contributed by atoms with E-state index in [0.717, 1.165) is 50.0 Å². The number of Topliss-reactive ketones (excluding diaryl/α,β-unsaturated/α-hetero) is 1. The average molecular weight is 1340 g/mol. The molecule has 8 rings (SSSR count). The van der Waals surface area contributed by atoms with Crippen LogP contribution in [0.3, 0.4) is 0 Å². The largest absolute Gasteiger partial charge is 0.489 e. The summed E-state index contributed by atoms with van der Waals surface area (Å²) in [5, 5.41) is 36.5. The summed E-state index contributed by atoms with van der Waals surface area (Å²) in [4.78, 5) is 143. The number of hydrogen-bond donors (Lipinski definition) is 9. The SMILES string of the molecule is CC[C@H](O[Si](C)(C)C(C)(C)C)[C@H](C)[C@H](NC(=O)OCC1c2ccccc2-c2ccccc21)C(=O)N[C@@H]1CC2=C(Cc3cc(OCc4ccccc4)ccc32)SC[C@H](C(=O)N[C@@H](CC(N)=O)C(=O)N2C[C@H](O)C[C@H]2C(=O)O)NC(=O)CNC(=O)[C@H]([C@@H](C)CC)NC(=O)CCC1=O. The molecule has 10 N–H and O–H groups in total.